The van der Waals surface area contributed by atoms with E-state index in [0.29, 0.717) is 5.56 Å². The Balaban J connectivity index is 1.97. The summed E-state index contributed by atoms with van der Waals surface area (Å²) in [6.45, 7) is 1.58. The molecule has 0 aliphatic rings. The van der Waals surface area contributed by atoms with Crippen LogP contribution in [0.2, 0.25) is 0 Å². The molecule has 1 heterocycles. The van der Waals surface area contributed by atoms with E-state index in [4.69, 9.17) is 5.10 Å². The molecule has 0 unspecified atom stereocenters. The number of ketones is 1. The molecule has 1 aromatic heterocycles. The standard InChI is InChI=1S/C21H16N2O/c1-15(24)16-11-13-17(14-12-16)21-19-9-5-6-10-20(19)22-23(21)18-7-3-2-4-8-18/h2-14H,1H3. The van der Waals surface area contributed by atoms with Gasteiger partial charge in [-0.2, -0.15) is 5.10 Å². The van der Waals surface area contributed by atoms with Crippen molar-refractivity contribution in [3.63, 3.8) is 0 Å². The van der Waals surface area contributed by atoms with Gasteiger partial charge in [0.2, 0.25) is 0 Å². The molecule has 0 saturated heterocycles. The SMILES string of the molecule is CC(=O)c1ccc(-c2c3ccccc3nn2-c2ccccc2)cc1. The third-order valence-corrected chi connectivity index (χ3v) is 4.14. The summed E-state index contributed by atoms with van der Waals surface area (Å²) in [5.41, 5.74) is 4.75. The first-order valence-corrected chi connectivity index (χ1v) is 7.88. The zero-order valence-electron chi connectivity index (χ0n) is 13.3. The minimum absolute atomic E-state index is 0.0722. The van der Waals surface area contributed by atoms with Gasteiger partial charge >= 0.3 is 0 Å². The molecule has 0 N–H and O–H groups in total. The monoisotopic (exact) mass is 312 g/mol. The van der Waals surface area contributed by atoms with Gasteiger partial charge in [-0.25, -0.2) is 4.68 Å². The van der Waals surface area contributed by atoms with Crippen molar-refractivity contribution in [3.05, 3.63) is 84.4 Å². The van der Waals surface area contributed by atoms with Crippen LogP contribution in [0.1, 0.15) is 17.3 Å². The van der Waals surface area contributed by atoms with E-state index in [0.717, 1.165) is 27.8 Å². The van der Waals surface area contributed by atoms with Gasteiger partial charge in [-0.3, -0.25) is 4.79 Å². The third-order valence-electron chi connectivity index (χ3n) is 4.14. The zero-order chi connectivity index (χ0) is 16.5. The van der Waals surface area contributed by atoms with Crippen LogP contribution in [-0.4, -0.2) is 15.6 Å². The number of rotatable bonds is 3. The van der Waals surface area contributed by atoms with Crippen LogP contribution in [0.25, 0.3) is 27.8 Å². The number of aromatic nitrogens is 2. The molecule has 0 radical (unpaired) electrons. The summed E-state index contributed by atoms with van der Waals surface area (Å²) >= 11 is 0. The van der Waals surface area contributed by atoms with Crippen LogP contribution in [0.4, 0.5) is 0 Å². The molecule has 3 nitrogen and oxygen atoms in total. The predicted octanol–water partition coefficient (Wildman–Crippen LogP) is 4.90. The Labute approximate surface area is 140 Å². The molecule has 0 atom stereocenters. The lowest BCUT2D eigenvalue weighted by Crippen LogP contribution is -1.99. The van der Waals surface area contributed by atoms with Crippen LogP contribution < -0.4 is 0 Å². The van der Waals surface area contributed by atoms with Crippen molar-refractivity contribution in [3.8, 4) is 16.9 Å². The van der Waals surface area contributed by atoms with Crippen LogP contribution in [0, 0.1) is 0 Å². The highest BCUT2D eigenvalue weighted by Crippen LogP contribution is 2.31. The van der Waals surface area contributed by atoms with Crippen molar-refractivity contribution in [1.82, 2.24) is 9.78 Å². The second kappa shape index (κ2) is 5.78. The minimum atomic E-state index is 0.0722. The smallest absolute Gasteiger partial charge is 0.159 e. The maximum Gasteiger partial charge on any atom is 0.159 e. The fourth-order valence-corrected chi connectivity index (χ4v) is 2.93. The molecule has 3 aromatic carbocycles. The van der Waals surface area contributed by atoms with E-state index in [1.807, 2.05) is 77.5 Å². The van der Waals surface area contributed by atoms with Crippen LogP contribution in [-0.2, 0) is 0 Å². The van der Waals surface area contributed by atoms with Gasteiger partial charge in [0.1, 0.15) is 0 Å². The third kappa shape index (κ3) is 2.40. The average molecular weight is 312 g/mol. The van der Waals surface area contributed by atoms with Crippen LogP contribution in [0.15, 0.2) is 78.9 Å². The molecule has 116 valence electrons. The molecule has 0 saturated carbocycles. The highest BCUT2D eigenvalue weighted by molar-refractivity contribution is 5.97. The fraction of sp³-hybridized carbons (Fsp3) is 0.0476. The summed E-state index contributed by atoms with van der Waals surface area (Å²) in [6, 6.07) is 25.9. The van der Waals surface area contributed by atoms with Gasteiger partial charge in [-0.1, -0.05) is 60.7 Å². The summed E-state index contributed by atoms with van der Waals surface area (Å²) < 4.78 is 1.97. The molecule has 0 bridgehead atoms. The number of para-hydroxylation sites is 1. The molecule has 0 aliphatic carbocycles. The number of hydrogen-bond donors (Lipinski definition) is 0. The largest absolute Gasteiger partial charge is 0.295 e. The number of fused-ring (bicyclic) bond motifs is 1. The molecular formula is C21H16N2O. The van der Waals surface area contributed by atoms with Gasteiger partial charge in [0.25, 0.3) is 0 Å². The number of Topliss-reactive ketones (excluding diaryl/α,β-unsaturated/α-hetero) is 1. The molecule has 0 spiro atoms. The molecule has 0 amide bonds. The van der Waals surface area contributed by atoms with E-state index in [-0.39, 0.29) is 5.78 Å². The van der Waals surface area contributed by atoms with Crippen molar-refractivity contribution < 1.29 is 4.79 Å². The Morgan fingerprint density at radius 2 is 1.50 bits per heavy atom. The summed E-state index contributed by atoms with van der Waals surface area (Å²) in [7, 11) is 0. The Morgan fingerprint density at radius 1 is 0.833 bits per heavy atom. The van der Waals surface area contributed by atoms with Gasteiger partial charge in [0.15, 0.2) is 5.78 Å². The molecule has 0 fully saturated rings. The van der Waals surface area contributed by atoms with Gasteiger partial charge in [-0.05, 0) is 25.1 Å². The predicted molar refractivity (Wildman–Crippen MR) is 96.5 cm³/mol. The van der Waals surface area contributed by atoms with Gasteiger partial charge in [-0.15, -0.1) is 0 Å². The van der Waals surface area contributed by atoms with E-state index in [2.05, 4.69) is 6.07 Å². The number of carbonyl (C=O) groups excluding carboxylic acids is 1. The molecule has 0 aliphatic heterocycles. The number of nitrogens with zero attached hydrogens (tertiary/aromatic N) is 2. The number of carbonyl (C=O) groups is 1. The Bertz CT molecular complexity index is 1010. The molecule has 24 heavy (non-hydrogen) atoms. The van der Waals surface area contributed by atoms with E-state index in [9.17, 15) is 4.79 Å². The van der Waals surface area contributed by atoms with Crippen molar-refractivity contribution in [2.24, 2.45) is 0 Å². The fourth-order valence-electron chi connectivity index (χ4n) is 2.93. The Morgan fingerprint density at radius 3 is 2.21 bits per heavy atom. The Kier molecular flexibility index (Phi) is 3.47. The van der Waals surface area contributed by atoms with Gasteiger partial charge < -0.3 is 0 Å². The number of hydrogen-bond acceptors (Lipinski definition) is 2. The first-order chi connectivity index (χ1) is 11.7. The van der Waals surface area contributed by atoms with E-state index in [1.54, 1.807) is 6.92 Å². The average Bonchev–Trinajstić information content (AvgIpc) is 3.02. The van der Waals surface area contributed by atoms with Crippen LogP contribution in [0.5, 0.6) is 0 Å². The summed E-state index contributed by atoms with van der Waals surface area (Å²) in [5.74, 6) is 0.0722. The van der Waals surface area contributed by atoms with E-state index in [1.165, 1.54) is 0 Å². The first kappa shape index (κ1) is 14.4. The molecule has 4 rings (SSSR count). The van der Waals surface area contributed by atoms with Crippen LogP contribution in [0.3, 0.4) is 0 Å². The summed E-state index contributed by atoms with van der Waals surface area (Å²) in [4.78, 5) is 11.5. The molecular weight excluding hydrogens is 296 g/mol. The maximum atomic E-state index is 11.5. The van der Waals surface area contributed by atoms with Crippen molar-refractivity contribution in [2.75, 3.05) is 0 Å². The number of benzene rings is 3. The van der Waals surface area contributed by atoms with Crippen molar-refractivity contribution >= 4 is 16.7 Å². The summed E-state index contributed by atoms with van der Waals surface area (Å²) in [5, 5.41) is 5.86. The summed E-state index contributed by atoms with van der Waals surface area (Å²) in [6.07, 6.45) is 0. The first-order valence-electron chi connectivity index (χ1n) is 7.88. The van der Waals surface area contributed by atoms with Gasteiger partial charge in [0.05, 0.1) is 16.9 Å². The minimum Gasteiger partial charge on any atom is -0.295 e. The second-order valence-electron chi connectivity index (χ2n) is 5.75. The van der Waals surface area contributed by atoms with Gasteiger partial charge in [0, 0.05) is 16.5 Å². The highest BCUT2D eigenvalue weighted by Gasteiger charge is 2.14. The lowest BCUT2D eigenvalue weighted by Gasteiger charge is -2.08. The van der Waals surface area contributed by atoms with E-state index < -0.39 is 0 Å². The lowest BCUT2D eigenvalue weighted by molar-refractivity contribution is 0.101. The van der Waals surface area contributed by atoms with Crippen molar-refractivity contribution in [1.29, 1.82) is 0 Å². The van der Waals surface area contributed by atoms with Crippen LogP contribution >= 0.6 is 0 Å². The van der Waals surface area contributed by atoms with E-state index >= 15 is 0 Å². The quantitative estimate of drug-likeness (QED) is 0.505. The molecule has 3 heteroatoms. The second-order valence-corrected chi connectivity index (χ2v) is 5.75. The Hall–Kier alpha value is -3.20. The van der Waals surface area contributed by atoms with Crippen molar-refractivity contribution in [2.45, 2.75) is 6.92 Å². The lowest BCUT2D eigenvalue weighted by atomic mass is 10.0. The highest BCUT2D eigenvalue weighted by atomic mass is 16.1. The molecule has 4 aromatic rings. The zero-order valence-corrected chi connectivity index (χ0v) is 13.3. The maximum absolute atomic E-state index is 11.5. The topological polar surface area (TPSA) is 34.9 Å². The normalized spacial score (nSPS) is 10.9.